The topological polar surface area (TPSA) is 49.5 Å². The number of aliphatic hydroxyl groups is 1. The van der Waals surface area contributed by atoms with Crippen LogP contribution in [0.3, 0.4) is 0 Å². The van der Waals surface area contributed by atoms with Crippen LogP contribution < -0.4 is 5.73 Å². The quantitative estimate of drug-likeness (QED) is 0.650. The van der Waals surface area contributed by atoms with Gasteiger partial charge in [0.2, 0.25) is 0 Å². The number of β-amino-alcohol motifs (C(OH)–C–C–N with tert-alkyl or cyclic N) is 1. The smallest absolute Gasteiger partial charge is 0.0746 e. The van der Waals surface area contributed by atoms with Crippen molar-refractivity contribution in [2.24, 2.45) is 5.73 Å². The minimum atomic E-state index is -0.452. The van der Waals surface area contributed by atoms with Crippen molar-refractivity contribution in [1.29, 1.82) is 0 Å². The molecule has 0 spiro atoms. The summed E-state index contributed by atoms with van der Waals surface area (Å²) in [6, 6.07) is 0. The highest BCUT2D eigenvalue weighted by Gasteiger charge is 2.27. The lowest BCUT2D eigenvalue weighted by Crippen LogP contribution is -2.46. The van der Waals surface area contributed by atoms with Crippen LogP contribution in [-0.2, 0) is 0 Å². The van der Waals surface area contributed by atoms with E-state index in [0.717, 1.165) is 45.4 Å². The van der Waals surface area contributed by atoms with Gasteiger partial charge in [-0.1, -0.05) is 6.42 Å². The first-order valence-electron chi connectivity index (χ1n) is 5.79. The highest BCUT2D eigenvalue weighted by Crippen LogP contribution is 2.20. The van der Waals surface area contributed by atoms with E-state index in [2.05, 4.69) is 4.90 Å². The Morgan fingerprint density at radius 2 is 2.14 bits per heavy atom. The lowest BCUT2D eigenvalue weighted by atomic mass is 9.95. The summed E-state index contributed by atoms with van der Waals surface area (Å²) in [5.41, 5.74) is 4.98. The van der Waals surface area contributed by atoms with Crippen molar-refractivity contribution in [3.8, 4) is 0 Å². The number of hydrogen-bond acceptors (Lipinski definition) is 3. The van der Waals surface area contributed by atoms with E-state index in [1.807, 2.05) is 6.92 Å². The molecule has 1 atom stereocenters. The Morgan fingerprint density at radius 1 is 1.36 bits per heavy atom. The van der Waals surface area contributed by atoms with Gasteiger partial charge in [0.1, 0.15) is 0 Å². The van der Waals surface area contributed by atoms with E-state index in [1.54, 1.807) is 0 Å². The molecule has 0 amide bonds. The van der Waals surface area contributed by atoms with Crippen molar-refractivity contribution in [3.63, 3.8) is 0 Å². The molecule has 0 radical (unpaired) electrons. The van der Waals surface area contributed by atoms with Crippen LogP contribution in [0.2, 0.25) is 0 Å². The molecule has 0 aromatic rings. The summed E-state index contributed by atoms with van der Waals surface area (Å²) in [7, 11) is 0. The molecule has 1 aliphatic heterocycles. The zero-order valence-electron chi connectivity index (χ0n) is 9.34. The Kier molecular flexibility index (Phi) is 4.85. The van der Waals surface area contributed by atoms with Gasteiger partial charge in [-0.25, -0.2) is 0 Å². The largest absolute Gasteiger partial charge is 0.389 e. The van der Waals surface area contributed by atoms with Crippen molar-refractivity contribution in [2.75, 3.05) is 26.2 Å². The van der Waals surface area contributed by atoms with E-state index in [-0.39, 0.29) is 0 Å². The van der Waals surface area contributed by atoms with Gasteiger partial charge < -0.3 is 15.7 Å². The fourth-order valence-corrected chi connectivity index (χ4v) is 2.17. The molecule has 0 aliphatic carbocycles. The number of unbranched alkanes of at least 4 members (excludes halogenated alkanes) is 2. The maximum atomic E-state index is 9.89. The van der Waals surface area contributed by atoms with Crippen molar-refractivity contribution in [3.05, 3.63) is 0 Å². The Morgan fingerprint density at radius 3 is 2.79 bits per heavy atom. The third-order valence-electron chi connectivity index (χ3n) is 2.93. The number of nitrogens with zero attached hydrogens (tertiary/aromatic N) is 1. The zero-order chi connectivity index (χ0) is 10.4. The molecule has 1 aliphatic rings. The van der Waals surface area contributed by atoms with Crippen LogP contribution in [0.15, 0.2) is 0 Å². The summed E-state index contributed by atoms with van der Waals surface area (Å²) < 4.78 is 0. The van der Waals surface area contributed by atoms with E-state index in [4.69, 9.17) is 5.73 Å². The van der Waals surface area contributed by atoms with Gasteiger partial charge in [-0.2, -0.15) is 0 Å². The van der Waals surface area contributed by atoms with Gasteiger partial charge in [0, 0.05) is 6.54 Å². The SMILES string of the molecule is CC1(O)CCCN(CCCCCN)C1. The molecule has 1 heterocycles. The first-order chi connectivity index (χ1) is 6.64. The van der Waals surface area contributed by atoms with Crippen LogP contribution in [0, 0.1) is 0 Å². The summed E-state index contributed by atoms with van der Waals surface area (Å²) in [6.07, 6.45) is 5.64. The molecule has 3 heteroatoms. The molecule has 3 N–H and O–H groups in total. The fraction of sp³-hybridized carbons (Fsp3) is 1.00. The molecule has 3 nitrogen and oxygen atoms in total. The van der Waals surface area contributed by atoms with Gasteiger partial charge in [-0.05, 0) is 52.2 Å². The number of piperidine rings is 1. The molecule has 1 unspecified atom stereocenters. The second kappa shape index (κ2) is 5.69. The third-order valence-corrected chi connectivity index (χ3v) is 2.93. The predicted molar refractivity (Wildman–Crippen MR) is 59.2 cm³/mol. The van der Waals surface area contributed by atoms with Crippen LogP contribution >= 0.6 is 0 Å². The van der Waals surface area contributed by atoms with Gasteiger partial charge in [-0.3, -0.25) is 0 Å². The average Bonchev–Trinajstić information content (AvgIpc) is 2.11. The highest BCUT2D eigenvalue weighted by molar-refractivity contribution is 4.82. The average molecular weight is 200 g/mol. The van der Waals surface area contributed by atoms with Crippen molar-refractivity contribution in [2.45, 2.75) is 44.6 Å². The summed E-state index contributed by atoms with van der Waals surface area (Å²) in [6.45, 7) is 5.86. The van der Waals surface area contributed by atoms with Crippen LogP contribution in [0.4, 0.5) is 0 Å². The highest BCUT2D eigenvalue weighted by atomic mass is 16.3. The molecule has 0 aromatic heterocycles. The molecular formula is C11H24N2O. The Labute approximate surface area is 87.3 Å². The van der Waals surface area contributed by atoms with Crippen molar-refractivity contribution < 1.29 is 5.11 Å². The van der Waals surface area contributed by atoms with E-state index in [0.29, 0.717) is 0 Å². The van der Waals surface area contributed by atoms with Gasteiger partial charge in [0.15, 0.2) is 0 Å². The lowest BCUT2D eigenvalue weighted by molar-refractivity contribution is -0.0158. The van der Waals surface area contributed by atoms with E-state index < -0.39 is 5.60 Å². The standard InChI is InChI=1S/C11H24N2O/c1-11(14)6-5-9-13(10-11)8-4-2-3-7-12/h14H,2-10,12H2,1H3. The second-order valence-corrected chi connectivity index (χ2v) is 4.73. The summed E-state index contributed by atoms with van der Waals surface area (Å²) in [5, 5.41) is 9.89. The van der Waals surface area contributed by atoms with Crippen LogP contribution in [0.25, 0.3) is 0 Å². The number of hydrogen-bond donors (Lipinski definition) is 2. The number of rotatable bonds is 5. The molecule has 1 rings (SSSR count). The third kappa shape index (κ3) is 4.40. The molecule has 0 bridgehead atoms. The second-order valence-electron chi connectivity index (χ2n) is 4.73. The minimum absolute atomic E-state index is 0.452. The Bertz CT molecular complexity index is 159. The first kappa shape index (κ1) is 12.0. The lowest BCUT2D eigenvalue weighted by Gasteiger charge is -2.36. The maximum absolute atomic E-state index is 9.89. The van der Waals surface area contributed by atoms with Crippen LogP contribution in [-0.4, -0.2) is 41.8 Å². The van der Waals surface area contributed by atoms with Crippen molar-refractivity contribution >= 4 is 0 Å². The van der Waals surface area contributed by atoms with Crippen molar-refractivity contribution in [1.82, 2.24) is 4.90 Å². The summed E-state index contributed by atoms with van der Waals surface area (Å²) in [5.74, 6) is 0. The summed E-state index contributed by atoms with van der Waals surface area (Å²) >= 11 is 0. The Hall–Kier alpha value is -0.120. The predicted octanol–water partition coefficient (Wildman–Crippen LogP) is 0.962. The monoisotopic (exact) mass is 200 g/mol. The molecule has 1 fully saturated rings. The van der Waals surface area contributed by atoms with E-state index in [9.17, 15) is 5.11 Å². The van der Waals surface area contributed by atoms with E-state index >= 15 is 0 Å². The normalized spacial score (nSPS) is 29.4. The van der Waals surface area contributed by atoms with Crippen LogP contribution in [0.1, 0.15) is 39.0 Å². The molecule has 0 aromatic carbocycles. The molecule has 0 saturated carbocycles. The van der Waals surface area contributed by atoms with Gasteiger partial charge in [0.25, 0.3) is 0 Å². The molecule has 84 valence electrons. The number of nitrogens with two attached hydrogens (primary N) is 1. The van der Waals surface area contributed by atoms with Gasteiger partial charge >= 0.3 is 0 Å². The number of likely N-dealkylation sites (tertiary alicyclic amines) is 1. The van der Waals surface area contributed by atoms with Gasteiger partial charge in [0.05, 0.1) is 5.60 Å². The fourth-order valence-electron chi connectivity index (χ4n) is 2.17. The molecule has 14 heavy (non-hydrogen) atoms. The Balaban J connectivity index is 2.12. The first-order valence-corrected chi connectivity index (χ1v) is 5.79. The van der Waals surface area contributed by atoms with E-state index in [1.165, 1.54) is 12.8 Å². The zero-order valence-corrected chi connectivity index (χ0v) is 9.34. The van der Waals surface area contributed by atoms with Gasteiger partial charge in [-0.15, -0.1) is 0 Å². The molecule has 1 saturated heterocycles. The molecular weight excluding hydrogens is 176 g/mol. The van der Waals surface area contributed by atoms with Crippen LogP contribution in [0.5, 0.6) is 0 Å². The minimum Gasteiger partial charge on any atom is -0.389 e. The summed E-state index contributed by atoms with van der Waals surface area (Å²) in [4.78, 5) is 2.38. The maximum Gasteiger partial charge on any atom is 0.0746 e.